The minimum Gasteiger partial charge on any atom is -0.489 e. The summed E-state index contributed by atoms with van der Waals surface area (Å²) in [6.07, 6.45) is 4.65. The Balaban J connectivity index is 2.17. The molecule has 0 aliphatic carbocycles. The summed E-state index contributed by atoms with van der Waals surface area (Å²) >= 11 is 0. The molecular weight excluding hydrogens is 344 g/mol. The molecule has 4 rings (SSSR count). The number of ether oxygens (including phenoxy) is 2. The highest BCUT2D eigenvalue weighted by atomic mass is 16.5. The summed E-state index contributed by atoms with van der Waals surface area (Å²) in [4.78, 5) is 12.3. The number of aryl methyl sites for hydroxylation is 1. The Morgan fingerprint density at radius 3 is 2.67 bits per heavy atom. The van der Waals surface area contributed by atoms with Crippen LogP contribution in [0.4, 0.5) is 0 Å². The molecule has 0 unspecified atom stereocenters. The third kappa shape index (κ3) is 2.76. The smallest absolute Gasteiger partial charge is 0.336 e. The second kappa shape index (κ2) is 6.13. The van der Waals surface area contributed by atoms with Crippen LogP contribution in [0.2, 0.25) is 0 Å². The van der Waals surface area contributed by atoms with Crippen LogP contribution < -0.4 is 15.1 Å². The van der Waals surface area contributed by atoms with Gasteiger partial charge in [-0.3, -0.25) is 0 Å². The first-order valence-corrected chi connectivity index (χ1v) is 9.63. The molecule has 3 atom stereocenters. The fraction of sp³-hybridized carbons (Fsp3) is 0.500. The summed E-state index contributed by atoms with van der Waals surface area (Å²) in [6, 6.07) is 1.54. The molecule has 0 fully saturated rings. The Kier molecular flexibility index (Phi) is 4.11. The number of hydrogen-bond acceptors (Lipinski definition) is 5. The standard InChI is InChI=1S/C22H26O5/c1-6-7-13-10-15(23)26-21-16(13)20-14(8-9-22(4,5)27-20)19-17(21)18(24)11(2)12(3)25-19/h8-12,18,24H,6-7H2,1-5H3/t11-,12+,18-/m0/s1. The molecule has 0 bridgehead atoms. The molecule has 1 aromatic carbocycles. The predicted octanol–water partition coefficient (Wildman–Crippen LogP) is 4.38. The van der Waals surface area contributed by atoms with Crippen LogP contribution in [0, 0.1) is 5.92 Å². The molecule has 0 radical (unpaired) electrons. The zero-order chi connectivity index (χ0) is 19.5. The van der Waals surface area contributed by atoms with Crippen molar-refractivity contribution in [2.75, 3.05) is 0 Å². The van der Waals surface area contributed by atoms with E-state index in [0.29, 0.717) is 22.6 Å². The van der Waals surface area contributed by atoms with Crippen molar-refractivity contribution in [3.8, 4) is 11.5 Å². The van der Waals surface area contributed by atoms with E-state index < -0.39 is 17.3 Å². The van der Waals surface area contributed by atoms with Gasteiger partial charge in [0, 0.05) is 12.0 Å². The monoisotopic (exact) mass is 370 g/mol. The van der Waals surface area contributed by atoms with E-state index >= 15 is 0 Å². The van der Waals surface area contributed by atoms with E-state index in [0.717, 1.165) is 29.4 Å². The number of benzene rings is 1. The van der Waals surface area contributed by atoms with Crippen molar-refractivity contribution in [2.24, 2.45) is 5.92 Å². The molecule has 3 heterocycles. The fourth-order valence-corrected chi connectivity index (χ4v) is 3.98. The van der Waals surface area contributed by atoms with Crippen molar-refractivity contribution < 1.29 is 19.0 Å². The Bertz CT molecular complexity index is 998. The van der Waals surface area contributed by atoms with E-state index in [-0.39, 0.29) is 12.0 Å². The van der Waals surface area contributed by atoms with Crippen molar-refractivity contribution in [2.45, 2.75) is 65.3 Å². The van der Waals surface area contributed by atoms with Crippen molar-refractivity contribution in [3.05, 3.63) is 39.3 Å². The van der Waals surface area contributed by atoms with Gasteiger partial charge in [-0.05, 0) is 44.9 Å². The van der Waals surface area contributed by atoms with Crippen molar-refractivity contribution in [1.29, 1.82) is 0 Å². The first-order chi connectivity index (χ1) is 12.7. The molecule has 2 aromatic rings. The minimum absolute atomic E-state index is 0.121. The van der Waals surface area contributed by atoms with Gasteiger partial charge in [0.2, 0.25) is 0 Å². The van der Waals surface area contributed by atoms with Gasteiger partial charge in [-0.15, -0.1) is 0 Å². The molecular formula is C22H26O5. The summed E-state index contributed by atoms with van der Waals surface area (Å²) < 4.78 is 18.1. The lowest BCUT2D eigenvalue weighted by molar-refractivity contribution is 0.0173. The number of fused-ring (bicyclic) bond motifs is 6. The van der Waals surface area contributed by atoms with Gasteiger partial charge in [-0.2, -0.15) is 0 Å². The summed E-state index contributed by atoms with van der Waals surface area (Å²) in [5, 5.41) is 11.8. The van der Waals surface area contributed by atoms with E-state index in [2.05, 4.69) is 6.92 Å². The maximum Gasteiger partial charge on any atom is 0.336 e. The lowest BCUT2D eigenvalue weighted by Gasteiger charge is -2.37. The van der Waals surface area contributed by atoms with Crippen LogP contribution in [0.15, 0.2) is 21.4 Å². The molecule has 0 saturated carbocycles. The van der Waals surface area contributed by atoms with Crippen molar-refractivity contribution in [1.82, 2.24) is 0 Å². The Labute approximate surface area is 158 Å². The Hall–Kier alpha value is -2.27. The highest BCUT2D eigenvalue weighted by Crippen LogP contribution is 2.52. The van der Waals surface area contributed by atoms with Crippen molar-refractivity contribution >= 4 is 17.0 Å². The molecule has 0 amide bonds. The number of hydrogen-bond donors (Lipinski definition) is 1. The molecule has 27 heavy (non-hydrogen) atoms. The van der Waals surface area contributed by atoms with Gasteiger partial charge in [-0.25, -0.2) is 4.79 Å². The SMILES string of the molecule is CCCc1cc(=O)oc2c3c(c4c(c12)OC(C)(C)C=C4)O[C@H](C)[C@H](C)[C@@H]3O. The number of aliphatic hydroxyl groups is 1. The summed E-state index contributed by atoms with van der Waals surface area (Å²) in [7, 11) is 0. The van der Waals surface area contributed by atoms with E-state index in [1.165, 1.54) is 6.07 Å². The highest BCUT2D eigenvalue weighted by molar-refractivity contribution is 5.97. The molecule has 5 nitrogen and oxygen atoms in total. The van der Waals surface area contributed by atoms with Gasteiger partial charge in [0.05, 0.1) is 22.6 Å². The van der Waals surface area contributed by atoms with Gasteiger partial charge in [0.25, 0.3) is 0 Å². The molecule has 0 spiro atoms. The topological polar surface area (TPSA) is 68.9 Å². The van der Waals surface area contributed by atoms with Gasteiger partial charge in [0.1, 0.15) is 23.2 Å². The van der Waals surface area contributed by atoms with Crippen LogP contribution in [-0.4, -0.2) is 16.8 Å². The van der Waals surface area contributed by atoms with Crippen LogP contribution >= 0.6 is 0 Å². The Morgan fingerprint density at radius 1 is 1.22 bits per heavy atom. The molecule has 144 valence electrons. The quantitative estimate of drug-likeness (QED) is 0.795. The van der Waals surface area contributed by atoms with Gasteiger partial charge in [0.15, 0.2) is 5.58 Å². The van der Waals surface area contributed by atoms with Crippen LogP contribution in [0.25, 0.3) is 17.0 Å². The first kappa shape index (κ1) is 18.1. The summed E-state index contributed by atoms with van der Waals surface area (Å²) in [5.74, 6) is 1.10. The lowest BCUT2D eigenvalue weighted by atomic mass is 9.85. The van der Waals surface area contributed by atoms with E-state index in [4.69, 9.17) is 13.9 Å². The average Bonchev–Trinajstić information content (AvgIpc) is 2.58. The Morgan fingerprint density at radius 2 is 1.96 bits per heavy atom. The van der Waals surface area contributed by atoms with Gasteiger partial charge in [-0.1, -0.05) is 20.3 Å². The zero-order valence-electron chi connectivity index (χ0n) is 16.5. The summed E-state index contributed by atoms with van der Waals surface area (Å²) in [6.45, 7) is 9.91. The van der Waals surface area contributed by atoms with Crippen LogP contribution in [0.1, 0.15) is 63.8 Å². The van der Waals surface area contributed by atoms with Crippen LogP contribution in [-0.2, 0) is 6.42 Å². The minimum atomic E-state index is -0.778. The molecule has 1 N–H and O–H groups in total. The molecule has 5 heteroatoms. The van der Waals surface area contributed by atoms with E-state index in [1.54, 1.807) is 0 Å². The van der Waals surface area contributed by atoms with Crippen LogP contribution in [0.3, 0.4) is 0 Å². The maximum absolute atomic E-state index is 12.3. The summed E-state index contributed by atoms with van der Waals surface area (Å²) in [5.41, 5.74) is 1.72. The second-order valence-corrected chi connectivity index (χ2v) is 8.20. The molecule has 0 saturated heterocycles. The molecule has 2 aliphatic rings. The first-order valence-electron chi connectivity index (χ1n) is 9.63. The van der Waals surface area contributed by atoms with Crippen molar-refractivity contribution in [3.63, 3.8) is 0 Å². The highest BCUT2D eigenvalue weighted by Gasteiger charge is 2.39. The third-order valence-corrected chi connectivity index (χ3v) is 5.62. The largest absolute Gasteiger partial charge is 0.489 e. The zero-order valence-corrected chi connectivity index (χ0v) is 16.5. The fourth-order valence-electron chi connectivity index (χ4n) is 3.98. The van der Waals surface area contributed by atoms with Crippen LogP contribution in [0.5, 0.6) is 11.5 Å². The van der Waals surface area contributed by atoms with Gasteiger partial charge < -0.3 is 19.0 Å². The third-order valence-electron chi connectivity index (χ3n) is 5.62. The average molecular weight is 370 g/mol. The van der Waals surface area contributed by atoms with Gasteiger partial charge >= 0.3 is 5.63 Å². The predicted molar refractivity (Wildman–Crippen MR) is 104 cm³/mol. The number of rotatable bonds is 2. The molecule has 2 aliphatic heterocycles. The number of aliphatic hydroxyl groups excluding tert-OH is 1. The maximum atomic E-state index is 12.3. The lowest BCUT2D eigenvalue weighted by Crippen LogP contribution is -2.34. The molecule has 1 aromatic heterocycles. The normalized spacial score (nSPS) is 25.5. The second-order valence-electron chi connectivity index (χ2n) is 8.20. The van der Waals surface area contributed by atoms with E-state index in [1.807, 2.05) is 39.8 Å². The van der Waals surface area contributed by atoms with E-state index in [9.17, 15) is 9.90 Å².